The smallest absolute Gasteiger partial charge is 0.274 e. The van der Waals surface area contributed by atoms with Crippen LogP contribution in [0.2, 0.25) is 5.02 Å². The largest absolute Gasteiger partial charge is 0.347 e. The number of aromatic nitrogens is 1. The first kappa shape index (κ1) is 14.7. The van der Waals surface area contributed by atoms with Gasteiger partial charge in [-0.15, -0.1) is 11.8 Å². The Morgan fingerprint density at radius 2 is 1.95 bits per heavy atom. The molecule has 2 amide bonds. The van der Waals surface area contributed by atoms with E-state index in [9.17, 15) is 9.59 Å². The lowest BCUT2D eigenvalue weighted by Gasteiger charge is -2.05. The van der Waals surface area contributed by atoms with Crippen molar-refractivity contribution in [1.29, 1.82) is 0 Å². The normalized spacial score (nSPS) is 10.3. The second-order valence-electron chi connectivity index (χ2n) is 4.12. The molecule has 0 saturated carbocycles. The van der Waals surface area contributed by atoms with Gasteiger partial charge in [0.05, 0.1) is 5.75 Å². The van der Waals surface area contributed by atoms with Gasteiger partial charge in [0, 0.05) is 23.2 Å². The van der Waals surface area contributed by atoms with Crippen LogP contribution in [0.25, 0.3) is 0 Å². The highest BCUT2D eigenvalue weighted by Crippen LogP contribution is 2.19. The Balaban J connectivity index is 1.85. The number of hydrogen-bond acceptors (Lipinski definition) is 3. The van der Waals surface area contributed by atoms with E-state index in [1.807, 2.05) is 12.1 Å². The molecule has 104 valence electrons. The van der Waals surface area contributed by atoms with E-state index < -0.39 is 0 Å². The summed E-state index contributed by atoms with van der Waals surface area (Å²) in [5, 5.41) is 3.01. The SMILES string of the molecule is Cn1cccc1C(=O)NC(=O)CSc1ccc(Cl)cc1. The second-order valence-corrected chi connectivity index (χ2v) is 5.61. The maximum atomic E-state index is 11.8. The van der Waals surface area contributed by atoms with Gasteiger partial charge in [-0.3, -0.25) is 14.9 Å². The van der Waals surface area contributed by atoms with E-state index in [0.29, 0.717) is 10.7 Å². The van der Waals surface area contributed by atoms with Crippen molar-refractivity contribution < 1.29 is 9.59 Å². The first-order chi connectivity index (χ1) is 9.56. The predicted octanol–water partition coefficient (Wildman–Crippen LogP) is 2.73. The highest BCUT2D eigenvalue weighted by atomic mass is 35.5. The number of carbonyl (C=O) groups is 2. The number of halogens is 1. The van der Waals surface area contributed by atoms with Gasteiger partial charge in [0.2, 0.25) is 5.91 Å². The molecule has 0 radical (unpaired) electrons. The molecule has 0 unspecified atom stereocenters. The molecule has 2 aromatic rings. The highest BCUT2D eigenvalue weighted by Gasteiger charge is 2.12. The van der Waals surface area contributed by atoms with Gasteiger partial charge in [0.25, 0.3) is 5.91 Å². The number of aryl methyl sites for hydroxylation is 1. The van der Waals surface area contributed by atoms with E-state index in [1.54, 1.807) is 42.1 Å². The number of carbonyl (C=O) groups excluding carboxylic acids is 2. The highest BCUT2D eigenvalue weighted by molar-refractivity contribution is 8.00. The minimum atomic E-state index is -0.390. The summed E-state index contributed by atoms with van der Waals surface area (Å²) in [4.78, 5) is 24.5. The Bertz CT molecular complexity index is 622. The van der Waals surface area contributed by atoms with Crippen LogP contribution >= 0.6 is 23.4 Å². The standard InChI is InChI=1S/C14H13ClN2O2S/c1-17-8-2-3-12(17)14(19)16-13(18)9-20-11-6-4-10(15)5-7-11/h2-8H,9H2,1H3,(H,16,18,19). The Hall–Kier alpha value is -1.72. The number of imide groups is 1. The van der Waals surface area contributed by atoms with Gasteiger partial charge in [-0.2, -0.15) is 0 Å². The molecule has 0 atom stereocenters. The molecule has 0 spiro atoms. The third-order valence-corrected chi connectivity index (χ3v) is 3.88. The van der Waals surface area contributed by atoms with Crippen LogP contribution in [0.3, 0.4) is 0 Å². The van der Waals surface area contributed by atoms with Crippen LogP contribution < -0.4 is 5.32 Å². The molecule has 0 aliphatic carbocycles. The summed E-state index contributed by atoms with van der Waals surface area (Å²) in [5.41, 5.74) is 0.454. The summed E-state index contributed by atoms with van der Waals surface area (Å²) in [6, 6.07) is 10.6. The molecule has 1 aromatic carbocycles. The van der Waals surface area contributed by atoms with Gasteiger partial charge in [0.1, 0.15) is 5.69 Å². The van der Waals surface area contributed by atoms with Crippen LogP contribution in [0.5, 0.6) is 0 Å². The molecule has 0 aliphatic rings. The van der Waals surface area contributed by atoms with Crippen LogP contribution in [-0.2, 0) is 11.8 Å². The topological polar surface area (TPSA) is 51.1 Å². The number of benzene rings is 1. The zero-order valence-corrected chi connectivity index (χ0v) is 12.4. The fourth-order valence-corrected chi connectivity index (χ4v) is 2.43. The van der Waals surface area contributed by atoms with Crippen LogP contribution in [0.15, 0.2) is 47.5 Å². The summed E-state index contributed by atoms with van der Waals surface area (Å²) >= 11 is 7.13. The maximum absolute atomic E-state index is 11.8. The van der Waals surface area contributed by atoms with Gasteiger partial charge in [-0.05, 0) is 36.4 Å². The van der Waals surface area contributed by atoms with Crippen LogP contribution in [0.4, 0.5) is 0 Å². The Labute approximate surface area is 126 Å². The Morgan fingerprint density at radius 3 is 2.55 bits per heavy atom. The van der Waals surface area contributed by atoms with E-state index in [0.717, 1.165) is 4.90 Å². The Morgan fingerprint density at radius 1 is 1.25 bits per heavy atom. The average Bonchev–Trinajstić information content (AvgIpc) is 2.84. The van der Waals surface area contributed by atoms with Crippen molar-refractivity contribution in [1.82, 2.24) is 9.88 Å². The number of nitrogens with zero attached hydrogens (tertiary/aromatic N) is 1. The molecule has 2 rings (SSSR count). The first-order valence-electron chi connectivity index (χ1n) is 5.90. The lowest BCUT2D eigenvalue weighted by atomic mass is 10.4. The summed E-state index contributed by atoms with van der Waals surface area (Å²) < 4.78 is 1.66. The monoisotopic (exact) mass is 308 g/mol. The third-order valence-electron chi connectivity index (χ3n) is 2.61. The van der Waals surface area contributed by atoms with E-state index in [2.05, 4.69) is 5.32 Å². The van der Waals surface area contributed by atoms with Crippen molar-refractivity contribution in [3.63, 3.8) is 0 Å². The lowest BCUT2D eigenvalue weighted by molar-refractivity contribution is -0.117. The van der Waals surface area contributed by atoms with Crippen molar-refractivity contribution >= 4 is 35.2 Å². The van der Waals surface area contributed by atoms with Gasteiger partial charge < -0.3 is 4.57 Å². The van der Waals surface area contributed by atoms with Gasteiger partial charge in [-0.25, -0.2) is 0 Å². The van der Waals surface area contributed by atoms with E-state index in [-0.39, 0.29) is 17.6 Å². The van der Waals surface area contributed by atoms with Crippen molar-refractivity contribution in [2.24, 2.45) is 7.05 Å². The first-order valence-corrected chi connectivity index (χ1v) is 7.26. The summed E-state index contributed by atoms with van der Waals surface area (Å²) in [7, 11) is 1.75. The fourth-order valence-electron chi connectivity index (χ4n) is 1.60. The summed E-state index contributed by atoms with van der Waals surface area (Å²) in [6.45, 7) is 0. The molecular formula is C14H13ClN2O2S. The van der Waals surface area contributed by atoms with Crippen LogP contribution in [0, 0.1) is 0 Å². The quantitative estimate of drug-likeness (QED) is 0.884. The van der Waals surface area contributed by atoms with Crippen molar-refractivity contribution in [3.05, 3.63) is 53.3 Å². The molecule has 0 bridgehead atoms. The van der Waals surface area contributed by atoms with Crippen LogP contribution in [0.1, 0.15) is 10.5 Å². The number of nitrogens with one attached hydrogen (secondary N) is 1. The number of amides is 2. The number of hydrogen-bond donors (Lipinski definition) is 1. The van der Waals surface area contributed by atoms with E-state index in [1.165, 1.54) is 11.8 Å². The molecule has 4 nitrogen and oxygen atoms in total. The zero-order valence-electron chi connectivity index (χ0n) is 10.8. The van der Waals surface area contributed by atoms with Crippen molar-refractivity contribution in [2.75, 3.05) is 5.75 Å². The lowest BCUT2D eigenvalue weighted by Crippen LogP contribution is -2.32. The van der Waals surface area contributed by atoms with Gasteiger partial charge in [-0.1, -0.05) is 11.6 Å². The molecule has 0 fully saturated rings. The second kappa shape index (κ2) is 6.63. The summed E-state index contributed by atoms with van der Waals surface area (Å²) in [5.74, 6) is -0.534. The van der Waals surface area contributed by atoms with Gasteiger partial charge >= 0.3 is 0 Å². The average molecular weight is 309 g/mol. The Kier molecular flexibility index (Phi) is 4.87. The van der Waals surface area contributed by atoms with E-state index >= 15 is 0 Å². The van der Waals surface area contributed by atoms with Crippen molar-refractivity contribution in [3.8, 4) is 0 Å². The van der Waals surface area contributed by atoms with Crippen LogP contribution in [-0.4, -0.2) is 22.1 Å². The summed E-state index contributed by atoms with van der Waals surface area (Å²) in [6.07, 6.45) is 1.75. The minimum Gasteiger partial charge on any atom is -0.347 e. The molecule has 0 saturated heterocycles. The fraction of sp³-hybridized carbons (Fsp3) is 0.143. The molecule has 1 N–H and O–H groups in total. The van der Waals surface area contributed by atoms with Crippen molar-refractivity contribution in [2.45, 2.75) is 4.90 Å². The third kappa shape index (κ3) is 3.88. The van der Waals surface area contributed by atoms with E-state index in [4.69, 9.17) is 11.6 Å². The molecule has 1 heterocycles. The predicted molar refractivity (Wildman–Crippen MR) is 80.1 cm³/mol. The minimum absolute atomic E-state index is 0.178. The molecule has 1 aromatic heterocycles. The number of rotatable bonds is 4. The number of thioether (sulfide) groups is 1. The molecule has 6 heteroatoms. The maximum Gasteiger partial charge on any atom is 0.274 e. The zero-order chi connectivity index (χ0) is 14.5. The molecule has 0 aliphatic heterocycles. The van der Waals surface area contributed by atoms with Gasteiger partial charge in [0.15, 0.2) is 0 Å². The molecule has 20 heavy (non-hydrogen) atoms. The molecular weight excluding hydrogens is 296 g/mol.